The highest BCUT2D eigenvalue weighted by Gasteiger charge is 2.59. The number of hydrogen-bond donors (Lipinski definition) is 3. The monoisotopic (exact) mass is 982 g/mol. The van der Waals surface area contributed by atoms with Gasteiger partial charge in [-0.1, -0.05) is 0 Å². The molecular formula is C40H44F10N2O9S3. The van der Waals surface area contributed by atoms with Gasteiger partial charge in [0, 0.05) is 91.4 Å². The van der Waals surface area contributed by atoms with E-state index >= 15 is 0 Å². The molecular weight excluding hydrogens is 939 g/mol. The summed E-state index contributed by atoms with van der Waals surface area (Å²) < 4.78 is 208. The Morgan fingerprint density at radius 3 is 1.38 bits per heavy atom. The van der Waals surface area contributed by atoms with E-state index in [9.17, 15) is 84.5 Å². The van der Waals surface area contributed by atoms with Gasteiger partial charge < -0.3 is 25.1 Å². The average molecular weight is 983 g/mol. The summed E-state index contributed by atoms with van der Waals surface area (Å²) in [5.74, 6) is -12.6. The molecule has 0 saturated carbocycles. The highest BCUT2D eigenvalue weighted by atomic mass is 32.2. The van der Waals surface area contributed by atoms with Crippen LogP contribution in [-0.2, 0) is 42.4 Å². The lowest BCUT2D eigenvalue weighted by Gasteiger charge is -2.34. The number of alkyl halides is 9. The molecule has 0 bridgehead atoms. The van der Waals surface area contributed by atoms with Crippen LogP contribution in [0.4, 0.5) is 55.3 Å². The van der Waals surface area contributed by atoms with Crippen LogP contribution >= 0.6 is 0 Å². The Hall–Kier alpha value is -3.71. The van der Waals surface area contributed by atoms with Crippen LogP contribution in [0, 0.1) is 5.82 Å². The van der Waals surface area contributed by atoms with E-state index in [2.05, 4.69) is 0 Å². The number of β-amino-alcohol motifs (C(OH)–C–C–N with tert-alkyl or cyclic N) is 2. The molecule has 24 heteroatoms. The Balaban J connectivity index is 0.000000162. The first-order chi connectivity index (χ1) is 29.3. The first-order valence-electron chi connectivity index (χ1n) is 19.6. The minimum atomic E-state index is -4.10. The van der Waals surface area contributed by atoms with Gasteiger partial charge in [0.2, 0.25) is 0 Å². The predicted molar refractivity (Wildman–Crippen MR) is 212 cm³/mol. The summed E-state index contributed by atoms with van der Waals surface area (Å²) in [6.07, 6.45) is -8.97. The van der Waals surface area contributed by atoms with Crippen molar-refractivity contribution in [1.82, 2.24) is 0 Å². The van der Waals surface area contributed by atoms with Gasteiger partial charge in [0.05, 0.1) is 26.9 Å². The maximum atomic E-state index is 14.4. The second kappa shape index (κ2) is 17.2. The zero-order valence-electron chi connectivity index (χ0n) is 34.2. The van der Waals surface area contributed by atoms with Gasteiger partial charge in [-0.25, -0.2) is 60.4 Å². The standard InChI is InChI=1S/C15H18F3NO4S.C15H18F3NO3S.C10H8F4O2S/c1-24(22,23)10-5-4-9(19-6-2-3-8(20)7-19)11-12(10)14(21)15(17,18)13(11)16;1-23(21,22)12-5-4-11(19-6-2-3-9(20)8-19)13-10(12)7-15(17,18)14(13)16;1-17(15,16)7-3-2-6(11)8-5(7)4-10(13,14)9(8)12/h4-5,8,13-14,20-21H,2-3,6-7H2,1H3;4-5,9,14,20H,2-3,6-8H2,1H3;2-3,9H,4H2,1H3/t8-,13+,14-;9-,14+;9-/m001/s1. The third-order valence-corrected chi connectivity index (χ3v) is 15.3. The van der Waals surface area contributed by atoms with Gasteiger partial charge in [0.25, 0.3) is 11.8 Å². The number of fused-ring (bicyclic) bond motifs is 3. The number of sulfone groups is 3. The molecule has 3 aliphatic carbocycles. The number of hydrogen-bond acceptors (Lipinski definition) is 11. The maximum Gasteiger partial charge on any atom is 0.312 e. The molecule has 0 spiro atoms. The summed E-state index contributed by atoms with van der Waals surface area (Å²) in [6.45, 7) is 1.30. The van der Waals surface area contributed by atoms with Gasteiger partial charge in [-0.2, -0.15) is 8.78 Å². The fraction of sp³-hybridized carbons (Fsp3) is 0.550. The molecule has 11 nitrogen and oxygen atoms in total. The molecule has 5 aliphatic rings. The van der Waals surface area contributed by atoms with Gasteiger partial charge >= 0.3 is 5.92 Å². The second-order valence-electron chi connectivity index (χ2n) is 16.7. The third kappa shape index (κ3) is 9.32. The Bertz CT molecular complexity index is 2660. The highest BCUT2D eigenvalue weighted by Crippen LogP contribution is 2.57. The number of benzene rings is 3. The van der Waals surface area contributed by atoms with Gasteiger partial charge in [-0.05, 0) is 73.2 Å². The molecule has 0 amide bonds. The number of piperidine rings is 2. The smallest absolute Gasteiger partial charge is 0.312 e. The second-order valence-corrected chi connectivity index (χ2v) is 22.6. The fourth-order valence-electron chi connectivity index (χ4n) is 8.84. The van der Waals surface area contributed by atoms with Crippen molar-refractivity contribution in [1.29, 1.82) is 0 Å². The van der Waals surface area contributed by atoms with Gasteiger partial charge in [-0.3, -0.25) is 0 Å². The summed E-state index contributed by atoms with van der Waals surface area (Å²) >= 11 is 0. The molecule has 356 valence electrons. The molecule has 2 fully saturated rings. The average Bonchev–Trinajstić information content (AvgIpc) is 3.64. The molecule has 0 unspecified atom stereocenters. The zero-order chi connectivity index (χ0) is 47.9. The summed E-state index contributed by atoms with van der Waals surface area (Å²) in [7, 11) is -11.4. The number of anilines is 2. The van der Waals surface area contributed by atoms with Crippen molar-refractivity contribution in [2.75, 3.05) is 54.7 Å². The zero-order valence-corrected chi connectivity index (χ0v) is 36.6. The molecule has 3 aromatic rings. The Labute approximate surface area is 362 Å². The molecule has 64 heavy (non-hydrogen) atoms. The molecule has 2 saturated heterocycles. The Morgan fingerprint density at radius 2 is 0.938 bits per heavy atom. The summed E-state index contributed by atoms with van der Waals surface area (Å²) in [4.78, 5) is 2.04. The van der Waals surface area contributed by atoms with E-state index in [1.54, 1.807) is 9.80 Å². The Morgan fingerprint density at radius 1 is 0.547 bits per heavy atom. The minimum absolute atomic E-state index is 0.0971. The van der Waals surface area contributed by atoms with E-state index in [1.165, 1.54) is 18.2 Å². The molecule has 2 aliphatic heterocycles. The van der Waals surface area contributed by atoms with Crippen molar-refractivity contribution in [3.8, 4) is 0 Å². The largest absolute Gasteiger partial charge is 0.391 e. The molecule has 8 rings (SSSR count). The number of aliphatic hydroxyl groups is 3. The lowest BCUT2D eigenvalue weighted by Crippen LogP contribution is -2.39. The van der Waals surface area contributed by atoms with E-state index in [-0.39, 0.29) is 40.5 Å². The topological polar surface area (TPSA) is 170 Å². The molecule has 0 radical (unpaired) electrons. The van der Waals surface area contributed by atoms with Crippen LogP contribution < -0.4 is 9.80 Å². The van der Waals surface area contributed by atoms with Crippen molar-refractivity contribution >= 4 is 40.9 Å². The minimum Gasteiger partial charge on any atom is -0.391 e. The first kappa shape index (κ1) is 49.7. The normalized spacial score (nSPS) is 26.8. The first-order valence-corrected chi connectivity index (χ1v) is 25.3. The predicted octanol–water partition coefficient (Wildman–Crippen LogP) is 6.43. The van der Waals surface area contributed by atoms with Gasteiger partial charge in [-0.15, -0.1) is 0 Å². The summed E-state index contributed by atoms with van der Waals surface area (Å²) in [5.41, 5.74) is -2.38. The molecule has 6 atom stereocenters. The van der Waals surface area contributed by atoms with Crippen LogP contribution in [0.5, 0.6) is 0 Å². The van der Waals surface area contributed by atoms with Crippen LogP contribution in [0.15, 0.2) is 51.1 Å². The van der Waals surface area contributed by atoms with Crippen LogP contribution in [0.1, 0.15) is 83.7 Å². The summed E-state index contributed by atoms with van der Waals surface area (Å²) in [6, 6.07) is 6.61. The van der Waals surface area contributed by atoms with Gasteiger partial charge in [0.15, 0.2) is 48.0 Å². The van der Waals surface area contributed by atoms with Crippen molar-refractivity contribution in [2.24, 2.45) is 0 Å². The highest BCUT2D eigenvalue weighted by molar-refractivity contribution is 7.91. The molecule has 0 aromatic heterocycles. The van der Waals surface area contributed by atoms with E-state index in [1.807, 2.05) is 0 Å². The number of aliphatic hydroxyl groups excluding tert-OH is 3. The molecule has 3 aromatic carbocycles. The van der Waals surface area contributed by atoms with Gasteiger partial charge in [0.1, 0.15) is 11.9 Å². The van der Waals surface area contributed by atoms with Crippen LogP contribution in [0.2, 0.25) is 0 Å². The van der Waals surface area contributed by atoms with E-state index < -0.39 is 135 Å². The molecule has 3 N–H and O–H groups in total. The van der Waals surface area contributed by atoms with E-state index in [0.29, 0.717) is 44.8 Å². The van der Waals surface area contributed by atoms with E-state index in [0.717, 1.165) is 30.9 Å². The fourth-order valence-corrected chi connectivity index (χ4v) is 11.7. The Kier molecular flexibility index (Phi) is 13.3. The van der Waals surface area contributed by atoms with Crippen molar-refractivity contribution in [3.63, 3.8) is 0 Å². The molecule has 2 heterocycles. The van der Waals surface area contributed by atoms with Crippen LogP contribution in [0.3, 0.4) is 0 Å². The quantitative estimate of drug-likeness (QED) is 0.190. The van der Waals surface area contributed by atoms with Crippen LogP contribution in [-0.4, -0.2) is 115 Å². The van der Waals surface area contributed by atoms with Crippen molar-refractivity contribution in [2.45, 2.75) is 108 Å². The lowest BCUT2D eigenvalue weighted by molar-refractivity contribution is -0.143. The number of halogens is 10. The summed E-state index contributed by atoms with van der Waals surface area (Å²) in [5, 5.41) is 29.4. The SMILES string of the molecule is CS(=O)(=O)c1ccc(F)c2c1CC(F)(F)[C@@H]2F.CS(=O)(=O)c1ccc(N2CCC[C@H](O)C2)c2c1CC(F)(F)[C@@H]2F.CS(=O)(=O)c1ccc(N2CCC[C@H](O)C2)c2c1[C@H](O)C(F)(F)[C@@H]2F. The number of nitrogens with zero attached hydrogens (tertiary/aromatic N) is 2. The number of rotatable bonds is 5. The lowest BCUT2D eigenvalue weighted by atomic mass is 10.0. The van der Waals surface area contributed by atoms with Crippen molar-refractivity contribution in [3.05, 3.63) is 75.6 Å². The van der Waals surface area contributed by atoms with E-state index in [4.69, 9.17) is 0 Å². The third-order valence-electron chi connectivity index (χ3n) is 11.8. The maximum absolute atomic E-state index is 14.4. The van der Waals surface area contributed by atoms with Crippen molar-refractivity contribution < 1.29 is 84.5 Å². The van der Waals surface area contributed by atoms with Crippen LogP contribution in [0.25, 0.3) is 0 Å².